The lowest BCUT2D eigenvalue weighted by Crippen LogP contribution is -2.60. The van der Waals surface area contributed by atoms with Gasteiger partial charge in [0.15, 0.2) is 0 Å². The Morgan fingerprint density at radius 3 is 2.00 bits per heavy atom. The maximum absolute atomic E-state index is 2.68. The zero-order valence-corrected chi connectivity index (χ0v) is 11.0. The molecule has 0 N–H and O–H groups in total. The second-order valence-corrected chi connectivity index (χ2v) is 6.67. The Balaban J connectivity index is 2.12. The Labute approximate surface area is 94.6 Å². The van der Waals surface area contributed by atoms with Crippen molar-refractivity contribution in [1.29, 1.82) is 0 Å². The smallest absolute Gasteiger partial charge is 0.0314 e. The molecule has 0 saturated carbocycles. The van der Waals surface area contributed by atoms with Crippen molar-refractivity contribution in [2.45, 2.75) is 64.6 Å². The third-order valence-corrected chi connectivity index (χ3v) is 4.28. The van der Waals surface area contributed by atoms with Crippen molar-refractivity contribution in [3.8, 4) is 0 Å². The van der Waals surface area contributed by atoms with Gasteiger partial charge in [-0.05, 0) is 60.5 Å². The standard InChI is InChI=1S/C13H26N2/c1-12(2,3)15-10-7-11(13(15,4)5)14-8-6-9-14/h11H,6-10H2,1-5H3. The normalized spacial score (nSPS) is 33.0. The van der Waals surface area contributed by atoms with Gasteiger partial charge in [-0.1, -0.05) is 0 Å². The molecule has 2 fully saturated rings. The molecule has 1 unspecified atom stereocenters. The molecule has 88 valence electrons. The number of hydrogen-bond acceptors (Lipinski definition) is 2. The molecule has 0 spiro atoms. The highest BCUT2D eigenvalue weighted by Crippen LogP contribution is 2.39. The van der Waals surface area contributed by atoms with Gasteiger partial charge in [-0.25, -0.2) is 0 Å². The summed E-state index contributed by atoms with van der Waals surface area (Å²) in [6.45, 7) is 15.8. The summed E-state index contributed by atoms with van der Waals surface area (Å²) in [6, 6.07) is 0.783. The summed E-state index contributed by atoms with van der Waals surface area (Å²) in [5.74, 6) is 0. The molecule has 0 radical (unpaired) electrons. The molecule has 1 atom stereocenters. The lowest BCUT2D eigenvalue weighted by Gasteiger charge is -2.49. The first kappa shape index (κ1) is 11.4. The second kappa shape index (κ2) is 3.46. The molecular weight excluding hydrogens is 184 g/mol. The first-order valence-corrected chi connectivity index (χ1v) is 6.35. The average molecular weight is 210 g/mol. The van der Waals surface area contributed by atoms with Crippen LogP contribution in [0.5, 0.6) is 0 Å². The number of rotatable bonds is 1. The van der Waals surface area contributed by atoms with Crippen LogP contribution in [0.15, 0.2) is 0 Å². The van der Waals surface area contributed by atoms with Crippen LogP contribution in [0, 0.1) is 0 Å². The van der Waals surface area contributed by atoms with Crippen LogP contribution in [-0.2, 0) is 0 Å². The minimum absolute atomic E-state index is 0.309. The van der Waals surface area contributed by atoms with Crippen molar-refractivity contribution in [1.82, 2.24) is 9.80 Å². The lowest BCUT2D eigenvalue weighted by molar-refractivity contribution is 0.00406. The second-order valence-electron chi connectivity index (χ2n) is 6.67. The molecule has 0 amide bonds. The number of likely N-dealkylation sites (tertiary alicyclic amines) is 2. The highest BCUT2D eigenvalue weighted by Gasteiger charge is 2.48. The summed E-state index contributed by atoms with van der Waals surface area (Å²) < 4.78 is 0. The fourth-order valence-electron chi connectivity index (χ4n) is 3.55. The maximum Gasteiger partial charge on any atom is 0.0314 e. The molecule has 2 rings (SSSR count). The van der Waals surface area contributed by atoms with Gasteiger partial charge in [-0.3, -0.25) is 9.80 Å². The van der Waals surface area contributed by atoms with Crippen LogP contribution in [0.1, 0.15) is 47.5 Å². The van der Waals surface area contributed by atoms with Gasteiger partial charge in [-0.15, -0.1) is 0 Å². The van der Waals surface area contributed by atoms with E-state index in [9.17, 15) is 0 Å². The van der Waals surface area contributed by atoms with E-state index in [0.29, 0.717) is 11.1 Å². The lowest BCUT2D eigenvalue weighted by atomic mass is 9.89. The van der Waals surface area contributed by atoms with Gasteiger partial charge in [0, 0.05) is 23.7 Å². The molecule has 15 heavy (non-hydrogen) atoms. The van der Waals surface area contributed by atoms with Gasteiger partial charge in [0.1, 0.15) is 0 Å². The van der Waals surface area contributed by atoms with E-state index in [1.54, 1.807) is 0 Å². The van der Waals surface area contributed by atoms with Crippen LogP contribution in [0.25, 0.3) is 0 Å². The summed E-state index contributed by atoms with van der Waals surface area (Å²) in [6.07, 6.45) is 2.76. The molecule has 0 aromatic heterocycles. The Kier molecular flexibility index (Phi) is 2.63. The molecule has 2 heterocycles. The first-order chi connectivity index (χ1) is 6.83. The Morgan fingerprint density at radius 2 is 1.67 bits per heavy atom. The van der Waals surface area contributed by atoms with Gasteiger partial charge < -0.3 is 0 Å². The van der Waals surface area contributed by atoms with E-state index in [0.717, 1.165) is 6.04 Å². The van der Waals surface area contributed by atoms with Crippen LogP contribution in [0.4, 0.5) is 0 Å². The van der Waals surface area contributed by atoms with Crippen molar-refractivity contribution >= 4 is 0 Å². The predicted octanol–water partition coefficient (Wildman–Crippen LogP) is 2.34. The summed E-state index contributed by atoms with van der Waals surface area (Å²) in [4.78, 5) is 5.36. The van der Waals surface area contributed by atoms with Gasteiger partial charge >= 0.3 is 0 Å². The largest absolute Gasteiger partial charge is 0.298 e. The third-order valence-electron chi connectivity index (χ3n) is 4.28. The van der Waals surface area contributed by atoms with E-state index >= 15 is 0 Å². The minimum atomic E-state index is 0.309. The quantitative estimate of drug-likeness (QED) is 0.655. The minimum Gasteiger partial charge on any atom is -0.298 e. The molecule has 0 aromatic carbocycles. The van der Waals surface area contributed by atoms with Gasteiger partial charge in [0.25, 0.3) is 0 Å². The fourth-order valence-corrected chi connectivity index (χ4v) is 3.55. The first-order valence-electron chi connectivity index (χ1n) is 6.35. The molecule has 0 bridgehead atoms. The number of nitrogens with zero attached hydrogens (tertiary/aromatic N) is 2. The van der Waals surface area contributed by atoms with Crippen LogP contribution < -0.4 is 0 Å². The van der Waals surface area contributed by atoms with Gasteiger partial charge in [0.05, 0.1) is 0 Å². The predicted molar refractivity (Wildman–Crippen MR) is 65.1 cm³/mol. The fraction of sp³-hybridized carbons (Fsp3) is 1.00. The molecule has 2 aliphatic heterocycles. The maximum atomic E-state index is 2.68. The van der Waals surface area contributed by atoms with E-state index in [2.05, 4.69) is 44.4 Å². The third kappa shape index (κ3) is 1.83. The highest BCUT2D eigenvalue weighted by molar-refractivity contribution is 5.05. The van der Waals surface area contributed by atoms with E-state index in [4.69, 9.17) is 0 Å². The highest BCUT2D eigenvalue weighted by atomic mass is 15.3. The van der Waals surface area contributed by atoms with E-state index < -0.39 is 0 Å². The van der Waals surface area contributed by atoms with Crippen molar-refractivity contribution in [3.05, 3.63) is 0 Å². The van der Waals surface area contributed by atoms with Crippen LogP contribution >= 0.6 is 0 Å². The van der Waals surface area contributed by atoms with Crippen molar-refractivity contribution < 1.29 is 0 Å². The van der Waals surface area contributed by atoms with E-state index in [-0.39, 0.29) is 0 Å². The van der Waals surface area contributed by atoms with E-state index in [1.165, 1.54) is 32.5 Å². The monoisotopic (exact) mass is 210 g/mol. The van der Waals surface area contributed by atoms with E-state index in [1.807, 2.05) is 0 Å². The summed E-state index contributed by atoms with van der Waals surface area (Å²) in [5, 5.41) is 0. The Bertz CT molecular complexity index is 235. The SMILES string of the molecule is CC(C)(C)N1CCC(N2CCC2)C1(C)C. The molecule has 2 saturated heterocycles. The Hall–Kier alpha value is -0.0800. The zero-order chi connectivity index (χ0) is 11.3. The molecule has 2 nitrogen and oxygen atoms in total. The average Bonchev–Trinajstić information content (AvgIpc) is 2.22. The molecule has 0 aromatic rings. The van der Waals surface area contributed by atoms with Crippen LogP contribution in [0.2, 0.25) is 0 Å². The van der Waals surface area contributed by atoms with Crippen molar-refractivity contribution in [2.24, 2.45) is 0 Å². The topological polar surface area (TPSA) is 6.48 Å². The summed E-state index contributed by atoms with van der Waals surface area (Å²) in [5.41, 5.74) is 0.655. The van der Waals surface area contributed by atoms with Crippen LogP contribution in [-0.4, -0.2) is 46.6 Å². The Morgan fingerprint density at radius 1 is 1.07 bits per heavy atom. The molecule has 0 aliphatic carbocycles. The van der Waals surface area contributed by atoms with Gasteiger partial charge in [-0.2, -0.15) is 0 Å². The molecular formula is C13H26N2. The van der Waals surface area contributed by atoms with Crippen molar-refractivity contribution in [2.75, 3.05) is 19.6 Å². The molecule has 2 heteroatoms. The van der Waals surface area contributed by atoms with Crippen molar-refractivity contribution in [3.63, 3.8) is 0 Å². The number of hydrogen-bond donors (Lipinski definition) is 0. The van der Waals surface area contributed by atoms with Gasteiger partial charge in [0.2, 0.25) is 0 Å². The summed E-state index contributed by atoms with van der Waals surface area (Å²) in [7, 11) is 0. The van der Waals surface area contributed by atoms with Crippen LogP contribution in [0.3, 0.4) is 0 Å². The zero-order valence-electron chi connectivity index (χ0n) is 11.0. The molecule has 2 aliphatic rings. The summed E-state index contributed by atoms with van der Waals surface area (Å²) >= 11 is 0.